The first-order valence-corrected chi connectivity index (χ1v) is 5.25. The number of rotatable bonds is 5. The largest absolute Gasteiger partial charge is 0.380 e. The van der Waals surface area contributed by atoms with Gasteiger partial charge >= 0.3 is 0 Å². The first-order valence-electron chi connectivity index (χ1n) is 5.25. The normalized spacial score (nSPS) is 12.2. The van der Waals surface area contributed by atoms with Gasteiger partial charge in [-0.3, -0.25) is 4.79 Å². The van der Waals surface area contributed by atoms with E-state index in [-0.39, 0.29) is 11.9 Å². The summed E-state index contributed by atoms with van der Waals surface area (Å²) >= 11 is 0. The molecule has 1 aromatic rings. The fourth-order valence-electron chi connectivity index (χ4n) is 1.42. The molecule has 0 saturated heterocycles. The van der Waals surface area contributed by atoms with Gasteiger partial charge in [-0.05, 0) is 13.0 Å². The molecule has 4 nitrogen and oxygen atoms in total. The molecule has 16 heavy (non-hydrogen) atoms. The Bertz CT molecular complexity index is 351. The Balaban J connectivity index is 2.68. The zero-order chi connectivity index (χ0) is 12.0. The van der Waals surface area contributed by atoms with Crippen LogP contribution in [0.25, 0.3) is 0 Å². The van der Waals surface area contributed by atoms with Crippen molar-refractivity contribution >= 4 is 11.6 Å². The number of nitrogens with two attached hydrogens (primary N) is 1. The van der Waals surface area contributed by atoms with Gasteiger partial charge in [-0.1, -0.05) is 18.2 Å². The maximum absolute atomic E-state index is 11.5. The van der Waals surface area contributed by atoms with Crippen LogP contribution in [0.3, 0.4) is 0 Å². The molecule has 1 aromatic carbocycles. The van der Waals surface area contributed by atoms with Crippen LogP contribution in [0, 0.1) is 0 Å². The van der Waals surface area contributed by atoms with Crippen molar-refractivity contribution in [2.45, 2.75) is 26.0 Å². The highest BCUT2D eigenvalue weighted by Crippen LogP contribution is 2.16. The number of carbonyl (C=O) groups is 1. The highest BCUT2D eigenvalue weighted by atomic mass is 16.5. The van der Waals surface area contributed by atoms with Crippen LogP contribution in [0.5, 0.6) is 0 Å². The van der Waals surface area contributed by atoms with Crippen LogP contribution in [-0.4, -0.2) is 19.1 Å². The number of carbonyl (C=O) groups excluding carboxylic acids is 1. The summed E-state index contributed by atoms with van der Waals surface area (Å²) in [7, 11) is 1.63. The molecule has 0 aliphatic heterocycles. The summed E-state index contributed by atoms with van der Waals surface area (Å²) in [5.74, 6) is -0.0708. The lowest BCUT2D eigenvalue weighted by Gasteiger charge is -2.11. The third kappa shape index (κ3) is 4.00. The van der Waals surface area contributed by atoms with Gasteiger partial charge in [0, 0.05) is 30.8 Å². The van der Waals surface area contributed by atoms with Gasteiger partial charge in [0.2, 0.25) is 5.91 Å². The average Bonchev–Trinajstić information content (AvgIpc) is 2.20. The lowest BCUT2D eigenvalue weighted by molar-refractivity contribution is -0.116. The van der Waals surface area contributed by atoms with E-state index in [1.54, 1.807) is 14.0 Å². The summed E-state index contributed by atoms with van der Waals surface area (Å²) in [5.41, 5.74) is 7.31. The SMILES string of the molecule is COCc1ccccc1NC(=O)CC(C)N. The molecule has 0 fully saturated rings. The zero-order valence-corrected chi connectivity index (χ0v) is 9.69. The van der Waals surface area contributed by atoms with Crippen molar-refractivity contribution in [1.82, 2.24) is 0 Å². The van der Waals surface area contributed by atoms with E-state index in [4.69, 9.17) is 10.5 Å². The van der Waals surface area contributed by atoms with Crippen molar-refractivity contribution in [3.63, 3.8) is 0 Å². The second-order valence-corrected chi connectivity index (χ2v) is 3.82. The van der Waals surface area contributed by atoms with Crippen molar-refractivity contribution in [3.05, 3.63) is 29.8 Å². The highest BCUT2D eigenvalue weighted by molar-refractivity contribution is 5.91. The minimum Gasteiger partial charge on any atom is -0.380 e. The molecule has 0 aliphatic rings. The van der Waals surface area contributed by atoms with Crippen LogP contribution in [-0.2, 0) is 16.1 Å². The molecular weight excluding hydrogens is 204 g/mol. The second kappa shape index (κ2) is 6.25. The number of hydrogen-bond donors (Lipinski definition) is 2. The van der Waals surface area contributed by atoms with Crippen molar-refractivity contribution in [2.75, 3.05) is 12.4 Å². The third-order valence-electron chi connectivity index (χ3n) is 2.10. The number of amides is 1. The molecule has 0 aromatic heterocycles. The molecule has 0 radical (unpaired) electrons. The Labute approximate surface area is 95.8 Å². The van der Waals surface area contributed by atoms with Crippen molar-refractivity contribution < 1.29 is 9.53 Å². The van der Waals surface area contributed by atoms with E-state index in [9.17, 15) is 4.79 Å². The number of hydrogen-bond acceptors (Lipinski definition) is 3. The van der Waals surface area contributed by atoms with Crippen molar-refractivity contribution in [2.24, 2.45) is 5.73 Å². The van der Waals surface area contributed by atoms with Gasteiger partial charge in [0.05, 0.1) is 6.61 Å². The molecule has 0 heterocycles. The van der Waals surface area contributed by atoms with Crippen LogP contribution >= 0.6 is 0 Å². The zero-order valence-electron chi connectivity index (χ0n) is 9.69. The Morgan fingerprint density at radius 3 is 2.81 bits per heavy atom. The predicted octanol–water partition coefficient (Wildman–Crippen LogP) is 1.51. The van der Waals surface area contributed by atoms with Crippen molar-refractivity contribution in [3.8, 4) is 0 Å². The predicted molar refractivity (Wildman–Crippen MR) is 64.1 cm³/mol. The minimum atomic E-state index is -0.130. The van der Waals surface area contributed by atoms with Gasteiger partial charge in [0.15, 0.2) is 0 Å². The first-order chi connectivity index (χ1) is 7.63. The maximum Gasteiger partial charge on any atom is 0.225 e. The summed E-state index contributed by atoms with van der Waals surface area (Å²) in [4.78, 5) is 11.5. The number of para-hydroxylation sites is 1. The van der Waals surface area contributed by atoms with Crippen LogP contribution in [0.2, 0.25) is 0 Å². The van der Waals surface area contributed by atoms with Crippen molar-refractivity contribution in [1.29, 1.82) is 0 Å². The number of nitrogens with one attached hydrogen (secondary N) is 1. The van der Waals surface area contributed by atoms with E-state index < -0.39 is 0 Å². The molecule has 1 rings (SSSR count). The van der Waals surface area contributed by atoms with Crippen LogP contribution in [0.15, 0.2) is 24.3 Å². The van der Waals surface area contributed by atoms with Crippen LogP contribution in [0.4, 0.5) is 5.69 Å². The van der Waals surface area contributed by atoms with Gasteiger partial charge in [-0.2, -0.15) is 0 Å². The molecule has 4 heteroatoms. The molecule has 1 unspecified atom stereocenters. The van der Waals surface area contributed by atoms with E-state index >= 15 is 0 Å². The summed E-state index contributed by atoms with van der Waals surface area (Å²) in [6, 6.07) is 7.43. The smallest absolute Gasteiger partial charge is 0.225 e. The second-order valence-electron chi connectivity index (χ2n) is 3.82. The summed E-state index contributed by atoms with van der Waals surface area (Å²) < 4.78 is 5.06. The number of ether oxygens (including phenoxy) is 1. The van der Waals surface area contributed by atoms with Gasteiger partial charge < -0.3 is 15.8 Å². The van der Waals surface area contributed by atoms with Crippen LogP contribution < -0.4 is 11.1 Å². The highest BCUT2D eigenvalue weighted by Gasteiger charge is 2.07. The average molecular weight is 222 g/mol. The van der Waals surface area contributed by atoms with E-state index in [1.807, 2.05) is 24.3 Å². The van der Waals surface area contributed by atoms with Crippen LogP contribution in [0.1, 0.15) is 18.9 Å². The topological polar surface area (TPSA) is 64.3 Å². The monoisotopic (exact) mass is 222 g/mol. The molecule has 0 aliphatic carbocycles. The molecule has 0 spiro atoms. The minimum absolute atomic E-state index is 0.0708. The van der Waals surface area contributed by atoms with E-state index in [1.165, 1.54) is 0 Å². The summed E-state index contributed by atoms with van der Waals surface area (Å²) in [6.07, 6.45) is 0.321. The fourth-order valence-corrected chi connectivity index (χ4v) is 1.42. The molecular formula is C12H18N2O2. The Hall–Kier alpha value is -1.39. The van der Waals surface area contributed by atoms with Gasteiger partial charge in [-0.15, -0.1) is 0 Å². The van der Waals surface area contributed by atoms with E-state index in [0.717, 1.165) is 11.3 Å². The number of anilines is 1. The van der Waals surface area contributed by atoms with Gasteiger partial charge in [0.25, 0.3) is 0 Å². The quantitative estimate of drug-likeness (QED) is 0.793. The van der Waals surface area contributed by atoms with E-state index in [2.05, 4.69) is 5.32 Å². The summed E-state index contributed by atoms with van der Waals surface area (Å²) in [5, 5.41) is 2.83. The van der Waals surface area contributed by atoms with Gasteiger partial charge in [0.1, 0.15) is 0 Å². The molecule has 0 bridgehead atoms. The third-order valence-corrected chi connectivity index (χ3v) is 2.10. The Morgan fingerprint density at radius 2 is 2.19 bits per heavy atom. The fraction of sp³-hybridized carbons (Fsp3) is 0.417. The molecule has 0 saturated carbocycles. The number of methoxy groups -OCH3 is 1. The summed E-state index contributed by atoms with van der Waals surface area (Å²) in [6.45, 7) is 2.29. The molecule has 1 amide bonds. The molecule has 1 atom stereocenters. The molecule has 88 valence electrons. The number of benzene rings is 1. The lowest BCUT2D eigenvalue weighted by Crippen LogP contribution is -2.24. The maximum atomic E-state index is 11.5. The first kappa shape index (κ1) is 12.7. The Morgan fingerprint density at radius 1 is 1.50 bits per heavy atom. The van der Waals surface area contributed by atoms with E-state index in [0.29, 0.717) is 13.0 Å². The lowest BCUT2D eigenvalue weighted by atomic mass is 10.1. The van der Waals surface area contributed by atoms with Gasteiger partial charge in [-0.25, -0.2) is 0 Å². The molecule has 3 N–H and O–H groups in total. The standard InChI is InChI=1S/C12H18N2O2/c1-9(13)7-12(15)14-11-6-4-3-5-10(11)8-16-2/h3-6,9H,7-8,13H2,1-2H3,(H,14,15). The Kier molecular flexibility index (Phi) is 4.95.